The fourth-order valence-electron chi connectivity index (χ4n) is 2.31. The van der Waals surface area contributed by atoms with Gasteiger partial charge in [-0.3, -0.25) is 4.21 Å². The molecule has 1 fully saturated rings. The molecule has 94 valence electrons. The number of hydrogen-bond donors (Lipinski definition) is 1. The first-order valence-corrected chi connectivity index (χ1v) is 7.64. The Hall–Kier alpha value is -0.670. The van der Waals surface area contributed by atoms with Crippen LogP contribution in [0.1, 0.15) is 36.1 Å². The van der Waals surface area contributed by atoms with Crippen LogP contribution >= 0.6 is 0 Å². The summed E-state index contributed by atoms with van der Waals surface area (Å²) >= 11 is 0. The summed E-state index contributed by atoms with van der Waals surface area (Å²) in [4.78, 5) is 0. The van der Waals surface area contributed by atoms with Gasteiger partial charge in [0, 0.05) is 27.8 Å². The Kier molecular flexibility index (Phi) is 4.00. The first-order chi connectivity index (χ1) is 8.08. The van der Waals surface area contributed by atoms with Crippen LogP contribution < -0.4 is 5.32 Å². The SMILES string of the molecule is Cc1ccc(C)c(C2CS(=O)C(C)CCN2)c1. The summed E-state index contributed by atoms with van der Waals surface area (Å²) < 4.78 is 12.1. The third-order valence-electron chi connectivity index (χ3n) is 3.53. The monoisotopic (exact) mass is 251 g/mol. The molecule has 3 atom stereocenters. The van der Waals surface area contributed by atoms with Gasteiger partial charge < -0.3 is 5.32 Å². The van der Waals surface area contributed by atoms with E-state index >= 15 is 0 Å². The zero-order chi connectivity index (χ0) is 12.4. The molecule has 0 aromatic heterocycles. The molecule has 17 heavy (non-hydrogen) atoms. The van der Waals surface area contributed by atoms with Gasteiger partial charge in [0.15, 0.2) is 0 Å². The summed E-state index contributed by atoms with van der Waals surface area (Å²) in [7, 11) is -0.710. The van der Waals surface area contributed by atoms with E-state index in [-0.39, 0.29) is 6.04 Å². The molecular weight excluding hydrogens is 230 g/mol. The van der Waals surface area contributed by atoms with Crippen LogP contribution in [0.25, 0.3) is 0 Å². The van der Waals surface area contributed by atoms with Gasteiger partial charge in [-0.2, -0.15) is 0 Å². The van der Waals surface area contributed by atoms with Gasteiger partial charge in [-0.05, 0) is 37.9 Å². The molecule has 0 saturated carbocycles. The molecule has 0 bridgehead atoms. The van der Waals surface area contributed by atoms with Gasteiger partial charge in [-0.15, -0.1) is 0 Å². The largest absolute Gasteiger partial charge is 0.309 e. The van der Waals surface area contributed by atoms with Crippen molar-refractivity contribution in [2.75, 3.05) is 12.3 Å². The topological polar surface area (TPSA) is 29.1 Å². The highest BCUT2D eigenvalue weighted by Crippen LogP contribution is 2.23. The van der Waals surface area contributed by atoms with Crippen molar-refractivity contribution in [3.63, 3.8) is 0 Å². The van der Waals surface area contributed by atoms with E-state index in [1.807, 2.05) is 0 Å². The Balaban J connectivity index is 2.26. The molecule has 1 aliphatic rings. The van der Waals surface area contributed by atoms with Crippen molar-refractivity contribution in [2.45, 2.75) is 38.5 Å². The molecule has 0 aliphatic carbocycles. The average molecular weight is 251 g/mol. The van der Waals surface area contributed by atoms with Crippen molar-refractivity contribution in [1.82, 2.24) is 5.32 Å². The summed E-state index contributed by atoms with van der Waals surface area (Å²) in [6.45, 7) is 7.29. The van der Waals surface area contributed by atoms with Crippen LogP contribution in [-0.4, -0.2) is 21.8 Å². The molecule has 1 aromatic carbocycles. The molecular formula is C14H21NOS. The number of hydrogen-bond acceptors (Lipinski definition) is 2. The first kappa shape index (κ1) is 12.8. The quantitative estimate of drug-likeness (QED) is 0.831. The maximum absolute atomic E-state index is 12.1. The maximum Gasteiger partial charge on any atom is 0.0439 e. The van der Waals surface area contributed by atoms with Gasteiger partial charge in [0.05, 0.1) is 0 Å². The number of nitrogens with one attached hydrogen (secondary N) is 1. The lowest BCUT2D eigenvalue weighted by Crippen LogP contribution is -2.24. The highest BCUT2D eigenvalue weighted by molar-refractivity contribution is 7.85. The lowest BCUT2D eigenvalue weighted by Gasteiger charge is -2.18. The fourth-order valence-corrected chi connectivity index (χ4v) is 3.65. The van der Waals surface area contributed by atoms with Crippen molar-refractivity contribution in [2.24, 2.45) is 0 Å². The molecule has 1 heterocycles. The van der Waals surface area contributed by atoms with Gasteiger partial charge in [-0.25, -0.2) is 0 Å². The minimum atomic E-state index is -0.710. The molecule has 2 nitrogen and oxygen atoms in total. The van der Waals surface area contributed by atoms with E-state index in [1.165, 1.54) is 16.7 Å². The van der Waals surface area contributed by atoms with E-state index in [0.717, 1.165) is 18.7 Å². The van der Waals surface area contributed by atoms with Crippen LogP contribution in [0.3, 0.4) is 0 Å². The molecule has 3 unspecified atom stereocenters. The minimum Gasteiger partial charge on any atom is -0.309 e. The lowest BCUT2D eigenvalue weighted by atomic mass is 10.00. The van der Waals surface area contributed by atoms with E-state index < -0.39 is 10.8 Å². The molecule has 1 N–H and O–H groups in total. The lowest BCUT2D eigenvalue weighted by molar-refractivity contribution is 0.576. The normalized spacial score (nSPS) is 29.9. The second-order valence-corrected chi connectivity index (χ2v) is 6.91. The highest BCUT2D eigenvalue weighted by Gasteiger charge is 2.23. The van der Waals surface area contributed by atoms with E-state index in [1.54, 1.807) is 0 Å². The minimum absolute atomic E-state index is 0.251. The molecule has 1 aromatic rings. The molecule has 0 radical (unpaired) electrons. The third-order valence-corrected chi connectivity index (χ3v) is 5.33. The van der Waals surface area contributed by atoms with Crippen LogP contribution in [0.4, 0.5) is 0 Å². The third kappa shape index (κ3) is 2.96. The number of benzene rings is 1. The van der Waals surface area contributed by atoms with Crippen LogP contribution in [-0.2, 0) is 10.8 Å². The van der Waals surface area contributed by atoms with E-state index in [9.17, 15) is 4.21 Å². The highest BCUT2D eigenvalue weighted by atomic mass is 32.2. The van der Waals surface area contributed by atoms with Crippen molar-refractivity contribution in [3.05, 3.63) is 34.9 Å². The average Bonchev–Trinajstić information content (AvgIpc) is 2.45. The molecule has 1 saturated heterocycles. The van der Waals surface area contributed by atoms with Crippen LogP contribution in [0.5, 0.6) is 0 Å². The Morgan fingerprint density at radius 2 is 2.12 bits per heavy atom. The van der Waals surface area contributed by atoms with Crippen molar-refractivity contribution < 1.29 is 4.21 Å². The van der Waals surface area contributed by atoms with Crippen LogP contribution in [0.15, 0.2) is 18.2 Å². The van der Waals surface area contributed by atoms with Crippen molar-refractivity contribution in [3.8, 4) is 0 Å². The standard InChI is InChI=1S/C14H21NOS/c1-10-4-5-11(2)13(8-10)14-9-17(16)12(3)6-7-15-14/h4-5,8,12,14-15H,6-7,9H2,1-3H3. The Bertz CT molecular complexity index is 430. The summed E-state index contributed by atoms with van der Waals surface area (Å²) in [5, 5.41) is 3.85. The van der Waals surface area contributed by atoms with Crippen molar-refractivity contribution >= 4 is 10.8 Å². The fraction of sp³-hybridized carbons (Fsp3) is 0.571. The zero-order valence-electron chi connectivity index (χ0n) is 10.8. The Labute approximate surface area is 106 Å². The summed E-state index contributed by atoms with van der Waals surface area (Å²) in [6, 6.07) is 6.76. The predicted molar refractivity (Wildman–Crippen MR) is 73.7 cm³/mol. The summed E-state index contributed by atoms with van der Waals surface area (Å²) in [5.74, 6) is 0.742. The number of rotatable bonds is 1. The molecule has 2 rings (SSSR count). The Morgan fingerprint density at radius 1 is 1.35 bits per heavy atom. The van der Waals surface area contributed by atoms with Gasteiger partial charge in [0.1, 0.15) is 0 Å². The zero-order valence-corrected chi connectivity index (χ0v) is 11.6. The number of aryl methyl sites for hydroxylation is 2. The second kappa shape index (κ2) is 5.32. The predicted octanol–water partition coefficient (Wildman–Crippen LogP) is 2.48. The second-order valence-electron chi connectivity index (χ2n) is 5.01. The summed E-state index contributed by atoms with van der Waals surface area (Å²) in [5.41, 5.74) is 3.88. The van der Waals surface area contributed by atoms with Gasteiger partial charge in [0.25, 0.3) is 0 Å². The van der Waals surface area contributed by atoms with Gasteiger partial charge in [0.2, 0.25) is 0 Å². The smallest absolute Gasteiger partial charge is 0.0439 e. The molecule has 0 amide bonds. The van der Waals surface area contributed by atoms with Gasteiger partial charge >= 0.3 is 0 Å². The Morgan fingerprint density at radius 3 is 2.88 bits per heavy atom. The van der Waals surface area contributed by atoms with Crippen LogP contribution in [0, 0.1) is 13.8 Å². The van der Waals surface area contributed by atoms with Gasteiger partial charge in [-0.1, -0.05) is 30.7 Å². The van der Waals surface area contributed by atoms with E-state index in [4.69, 9.17) is 0 Å². The summed E-state index contributed by atoms with van der Waals surface area (Å²) in [6.07, 6.45) is 1.01. The molecule has 1 aliphatic heterocycles. The van der Waals surface area contributed by atoms with Crippen LogP contribution in [0.2, 0.25) is 0 Å². The molecule has 0 spiro atoms. The first-order valence-electron chi connectivity index (χ1n) is 6.25. The van der Waals surface area contributed by atoms with E-state index in [0.29, 0.717) is 5.25 Å². The molecule has 3 heteroatoms. The van der Waals surface area contributed by atoms with E-state index in [2.05, 4.69) is 44.3 Å². The maximum atomic E-state index is 12.1. The van der Waals surface area contributed by atoms with Crippen molar-refractivity contribution in [1.29, 1.82) is 0 Å².